The summed E-state index contributed by atoms with van der Waals surface area (Å²) in [7, 11) is -3.82. The Bertz CT molecular complexity index is 1200. The summed E-state index contributed by atoms with van der Waals surface area (Å²) >= 11 is 3.35. The van der Waals surface area contributed by atoms with Gasteiger partial charge >= 0.3 is 0 Å². The van der Waals surface area contributed by atoms with Crippen LogP contribution < -0.4 is 19.5 Å². The zero-order valence-electron chi connectivity index (χ0n) is 15.6. The highest BCUT2D eigenvalue weighted by molar-refractivity contribution is 9.10. The minimum Gasteiger partial charge on any atom is -0.486 e. The number of carbonyl (C=O) groups excluding carboxylic acids is 1. The molecule has 0 aromatic heterocycles. The fourth-order valence-corrected chi connectivity index (χ4v) is 4.34. The van der Waals surface area contributed by atoms with Gasteiger partial charge in [0.15, 0.2) is 11.5 Å². The van der Waals surface area contributed by atoms with Gasteiger partial charge in [0, 0.05) is 27.5 Å². The molecule has 1 aliphatic heterocycles. The smallest absolute Gasteiger partial charge is 0.262 e. The summed E-state index contributed by atoms with van der Waals surface area (Å²) in [4.78, 5) is 12.4. The molecule has 0 aliphatic carbocycles. The van der Waals surface area contributed by atoms with E-state index in [1.54, 1.807) is 30.3 Å². The summed E-state index contributed by atoms with van der Waals surface area (Å²) in [6.07, 6.45) is 0. The molecule has 154 valence electrons. The number of sulfonamides is 1. The van der Waals surface area contributed by atoms with Crippen LogP contribution in [0.25, 0.3) is 0 Å². The number of amides is 1. The molecule has 0 spiro atoms. The third-order valence-electron chi connectivity index (χ3n) is 4.31. The maximum atomic E-state index is 12.7. The van der Waals surface area contributed by atoms with E-state index < -0.39 is 10.0 Å². The quantitative estimate of drug-likeness (QED) is 0.559. The first-order valence-electron chi connectivity index (χ1n) is 9.00. The summed E-state index contributed by atoms with van der Waals surface area (Å²) < 4.78 is 39.6. The molecular weight excluding hydrogens is 472 g/mol. The summed E-state index contributed by atoms with van der Waals surface area (Å²) in [5, 5.41) is 2.79. The van der Waals surface area contributed by atoms with Crippen molar-refractivity contribution in [3.8, 4) is 11.5 Å². The standard InChI is InChI=1S/C21H17BrN2O5S/c22-15-2-1-3-17(12-15)23-21(25)14-4-6-16(7-5-14)24-30(26,27)18-8-9-19-20(13-18)29-11-10-28-19/h1-9,12-13,24H,10-11H2,(H,23,25). The van der Waals surface area contributed by atoms with Crippen molar-refractivity contribution in [1.82, 2.24) is 0 Å². The van der Waals surface area contributed by atoms with Gasteiger partial charge in [0.05, 0.1) is 4.90 Å². The van der Waals surface area contributed by atoms with Crippen molar-refractivity contribution in [1.29, 1.82) is 0 Å². The van der Waals surface area contributed by atoms with E-state index in [9.17, 15) is 13.2 Å². The SMILES string of the molecule is O=C(Nc1cccc(Br)c1)c1ccc(NS(=O)(=O)c2ccc3c(c2)OCCO3)cc1. The molecule has 1 heterocycles. The maximum Gasteiger partial charge on any atom is 0.262 e. The van der Waals surface area contributed by atoms with E-state index in [-0.39, 0.29) is 10.8 Å². The monoisotopic (exact) mass is 488 g/mol. The molecule has 0 bridgehead atoms. The largest absolute Gasteiger partial charge is 0.486 e. The second-order valence-electron chi connectivity index (χ2n) is 6.45. The van der Waals surface area contributed by atoms with E-state index >= 15 is 0 Å². The molecule has 1 aliphatic rings. The fraction of sp³-hybridized carbons (Fsp3) is 0.0952. The van der Waals surface area contributed by atoms with Crippen molar-refractivity contribution in [2.24, 2.45) is 0 Å². The number of rotatable bonds is 5. The van der Waals surface area contributed by atoms with E-state index in [4.69, 9.17) is 9.47 Å². The molecule has 4 rings (SSSR count). The highest BCUT2D eigenvalue weighted by Crippen LogP contribution is 2.32. The Balaban J connectivity index is 1.47. The molecule has 0 saturated carbocycles. The number of benzene rings is 3. The minimum atomic E-state index is -3.82. The lowest BCUT2D eigenvalue weighted by molar-refractivity contribution is 0.102. The number of carbonyl (C=O) groups is 1. The van der Waals surface area contributed by atoms with E-state index in [0.29, 0.717) is 41.7 Å². The van der Waals surface area contributed by atoms with Gasteiger partial charge in [-0.2, -0.15) is 0 Å². The number of hydrogen-bond donors (Lipinski definition) is 2. The Labute approximate surface area is 182 Å². The Morgan fingerprint density at radius 1 is 0.867 bits per heavy atom. The van der Waals surface area contributed by atoms with Gasteiger partial charge in [0.2, 0.25) is 0 Å². The van der Waals surface area contributed by atoms with Crippen molar-refractivity contribution in [2.75, 3.05) is 23.3 Å². The van der Waals surface area contributed by atoms with Gasteiger partial charge in [0.25, 0.3) is 15.9 Å². The molecule has 9 heteroatoms. The summed E-state index contributed by atoms with van der Waals surface area (Å²) in [6.45, 7) is 0.798. The molecule has 0 radical (unpaired) electrons. The van der Waals surface area contributed by atoms with E-state index in [1.165, 1.54) is 24.3 Å². The van der Waals surface area contributed by atoms with Crippen LogP contribution in [0.1, 0.15) is 10.4 Å². The lowest BCUT2D eigenvalue weighted by Gasteiger charge is -2.19. The molecule has 1 amide bonds. The van der Waals surface area contributed by atoms with Gasteiger partial charge in [-0.1, -0.05) is 22.0 Å². The van der Waals surface area contributed by atoms with Gasteiger partial charge in [0.1, 0.15) is 13.2 Å². The van der Waals surface area contributed by atoms with Crippen molar-refractivity contribution < 1.29 is 22.7 Å². The first-order chi connectivity index (χ1) is 14.4. The minimum absolute atomic E-state index is 0.0585. The lowest BCUT2D eigenvalue weighted by atomic mass is 10.2. The van der Waals surface area contributed by atoms with Crippen LogP contribution in [-0.4, -0.2) is 27.5 Å². The first-order valence-corrected chi connectivity index (χ1v) is 11.3. The second-order valence-corrected chi connectivity index (χ2v) is 9.05. The average Bonchev–Trinajstić information content (AvgIpc) is 2.73. The van der Waals surface area contributed by atoms with Gasteiger partial charge < -0.3 is 14.8 Å². The predicted molar refractivity (Wildman–Crippen MR) is 117 cm³/mol. The van der Waals surface area contributed by atoms with Crippen LogP contribution in [0.2, 0.25) is 0 Å². The van der Waals surface area contributed by atoms with Crippen LogP contribution in [0.3, 0.4) is 0 Å². The Morgan fingerprint density at radius 3 is 2.33 bits per heavy atom. The highest BCUT2D eigenvalue weighted by Gasteiger charge is 2.19. The summed E-state index contributed by atoms with van der Waals surface area (Å²) in [5.41, 5.74) is 1.39. The topological polar surface area (TPSA) is 93.7 Å². The van der Waals surface area contributed by atoms with Crippen LogP contribution >= 0.6 is 15.9 Å². The molecule has 30 heavy (non-hydrogen) atoms. The van der Waals surface area contributed by atoms with Crippen LogP contribution in [-0.2, 0) is 10.0 Å². The van der Waals surface area contributed by atoms with Crippen LogP contribution in [0, 0.1) is 0 Å². The van der Waals surface area contributed by atoms with Gasteiger partial charge in [-0.3, -0.25) is 9.52 Å². The molecule has 3 aromatic carbocycles. The number of fused-ring (bicyclic) bond motifs is 1. The summed E-state index contributed by atoms with van der Waals surface area (Å²) in [5.74, 6) is 0.610. The van der Waals surface area contributed by atoms with Crippen LogP contribution in [0.5, 0.6) is 11.5 Å². The summed E-state index contributed by atoms with van der Waals surface area (Å²) in [6, 6.07) is 17.9. The fourth-order valence-electron chi connectivity index (χ4n) is 2.86. The third kappa shape index (κ3) is 4.58. The number of anilines is 2. The Hall–Kier alpha value is -3.04. The average molecular weight is 489 g/mol. The Kier molecular flexibility index (Phi) is 5.65. The van der Waals surface area contributed by atoms with Crippen molar-refractivity contribution in [3.05, 3.63) is 76.8 Å². The van der Waals surface area contributed by atoms with Crippen LogP contribution in [0.4, 0.5) is 11.4 Å². The zero-order valence-corrected chi connectivity index (χ0v) is 18.0. The van der Waals surface area contributed by atoms with Crippen molar-refractivity contribution in [3.63, 3.8) is 0 Å². The van der Waals surface area contributed by atoms with Crippen LogP contribution in [0.15, 0.2) is 76.1 Å². The van der Waals surface area contributed by atoms with E-state index in [2.05, 4.69) is 26.0 Å². The maximum absolute atomic E-state index is 12.7. The molecule has 0 unspecified atom stereocenters. The second kappa shape index (κ2) is 8.37. The Morgan fingerprint density at radius 2 is 1.60 bits per heavy atom. The normalized spacial score (nSPS) is 12.8. The number of ether oxygens (including phenoxy) is 2. The first kappa shape index (κ1) is 20.2. The number of hydrogen-bond acceptors (Lipinski definition) is 5. The van der Waals surface area contributed by atoms with Gasteiger partial charge in [-0.25, -0.2) is 8.42 Å². The third-order valence-corrected chi connectivity index (χ3v) is 6.18. The zero-order chi connectivity index (χ0) is 21.1. The molecule has 7 nitrogen and oxygen atoms in total. The molecule has 0 atom stereocenters. The van der Waals surface area contributed by atoms with E-state index in [1.807, 2.05) is 12.1 Å². The van der Waals surface area contributed by atoms with E-state index in [0.717, 1.165) is 4.47 Å². The molecule has 0 fully saturated rings. The molecule has 2 N–H and O–H groups in total. The number of halogens is 1. The molecule has 0 saturated heterocycles. The van der Waals surface area contributed by atoms with Gasteiger partial charge in [-0.05, 0) is 54.6 Å². The lowest BCUT2D eigenvalue weighted by Crippen LogP contribution is -2.17. The van der Waals surface area contributed by atoms with Crippen molar-refractivity contribution >= 4 is 43.2 Å². The molecular formula is C21H17BrN2O5S. The van der Waals surface area contributed by atoms with Gasteiger partial charge in [-0.15, -0.1) is 0 Å². The number of nitrogens with one attached hydrogen (secondary N) is 2. The predicted octanol–water partition coefficient (Wildman–Crippen LogP) is 4.27. The van der Waals surface area contributed by atoms with Crippen molar-refractivity contribution in [2.45, 2.75) is 4.90 Å². The molecule has 3 aromatic rings. The highest BCUT2D eigenvalue weighted by atomic mass is 79.9.